The molecule has 0 atom stereocenters. The number of ether oxygens (including phenoxy) is 2. The first-order chi connectivity index (χ1) is 11.2. The van der Waals surface area contributed by atoms with Gasteiger partial charge in [-0.3, -0.25) is 0 Å². The lowest BCUT2D eigenvalue weighted by Gasteiger charge is -2.10. The zero-order chi connectivity index (χ0) is 16.2. The number of hydrogen-bond donors (Lipinski definition) is 0. The van der Waals surface area contributed by atoms with E-state index in [1.807, 2.05) is 42.5 Å². The molecular formula is C19H15ClO3. The van der Waals surface area contributed by atoms with Crippen molar-refractivity contribution in [3.63, 3.8) is 0 Å². The van der Waals surface area contributed by atoms with Crippen molar-refractivity contribution in [1.82, 2.24) is 0 Å². The Morgan fingerprint density at radius 1 is 1.00 bits per heavy atom. The second kappa shape index (κ2) is 6.71. The molecule has 0 unspecified atom stereocenters. The van der Waals surface area contributed by atoms with Gasteiger partial charge in [0.25, 0.3) is 0 Å². The predicted octanol–water partition coefficient (Wildman–Crippen LogP) is 4.86. The number of rotatable bonds is 4. The Bertz CT molecular complexity index is 858. The summed E-state index contributed by atoms with van der Waals surface area (Å²) in [4.78, 5) is 12.4. The van der Waals surface area contributed by atoms with Crippen LogP contribution in [0.2, 0.25) is 5.02 Å². The molecule has 3 nitrogen and oxygen atoms in total. The van der Waals surface area contributed by atoms with Crippen LogP contribution in [0.1, 0.15) is 15.9 Å². The largest absolute Gasteiger partial charge is 0.496 e. The number of halogens is 1. The molecule has 0 N–H and O–H groups in total. The first-order valence-corrected chi connectivity index (χ1v) is 7.53. The van der Waals surface area contributed by atoms with E-state index in [2.05, 4.69) is 0 Å². The number of carbonyl (C=O) groups excluding carboxylic acids is 1. The van der Waals surface area contributed by atoms with Crippen molar-refractivity contribution in [1.29, 1.82) is 0 Å². The minimum Gasteiger partial charge on any atom is -0.496 e. The number of benzene rings is 3. The van der Waals surface area contributed by atoms with Crippen LogP contribution < -0.4 is 4.74 Å². The monoisotopic (exact) mass is 326 g/mol. The Labute approximate surface area is 139 Å². The molecule has 0 amide bonds. The predicted molar refractivity (Wildman–Crippen MR) is 91.1 cm³/mol. The van der Waals surface area contributed by atoms with Crippen LogP contribution in [0.4, 0.5) is 0 Å². The molecule has 23 heavy (non-hydrogen) atoms. The third-order valence-corrected chi connectivity index (χ3v) is 3.78. The van der Waals surface area contributed by atoms with Gasteiger partial charge in [0.15, 0.2) is 0 Å². The van der Waals surface area contributed by atoms with Crippen molar-refractivity contribution >= 4 is 28.3 Å². The van der Waals surface area contributed by atoms with Gasteiger partial charge in [-0.15, -0.1) is 0 Å². The van der Waals surface area contributed by atoms with Crippen molar-refractivity contribution in [2.75, 3.05) is 7.11 Å². The molecule has 0 aromatic heterocycles. The quantitative estimate of drug-likeness (QED) is 0.642. The molecule has 0 aliphatic carbocycles. The Morgan fingerprint density at radius 2 is 1.74 bits per heavy atom. The van der Waals surface area contributed by atoms with Crippen molar-refractivity contribution in [2.24, 2.45) is 0 Å². The van der Waals surface area contributed by atoms with Gasteiger partial charge in [0.2, 0.25) is 0 Å². The van der Waals surface area contributed by atoms with E-state index in [-0.39, 0.29) is 6.61 Å². The summed E-state index contributed by atoms with van der Waals surface area (Å²) in [5, 5.41) is 2.58. The Morgan fingerprint density at radius 3 is 2.43 bits per heavy atom. The highest BCUT2D eigenvalue weighted by Gasteiger charge is 2.15. The summed E-state index contributed by atoms with van der Waals surface area (Å²) < 4.78 is 10.7. The lowest BCUT2D eigenvalue weighted by molar-refractivity contribution is 0.0469. The van der Waals surface area contributed by atoms with Crippen LogP contribution in [0.5, 0.6) is 5.75 Å². The highest BCUT2D eigenvalue weighted by molar-refractivity contribution is 6.30. The zero-order valence-electron chi connectivity index (χ0n) is 12.6. The van der Waals surface area contributed by atoms with E-state index < -0.39 is 5.97 Å². The first kappa shape index (κ1) is 15.4. The molecule has 0 spiro atoms. The van der Waals surface area contributed by atoms with Gasteiger partial charge in [-0.05, 0) is 40.6 Å². The van der Waals surface area contributed by atoms with Gasteiger partial charge in [0.05, 0.1) is 7.11 Å². The number of methoxy groups -OCH3 is 1. The fourth-order valence-corrected chi connectivity index (χ4v) is 2.61. The molecule has 4 heteroatoms. The molecule has 0 heterocycles. The van der Waals surface area contributed by atoms with Gasteiger partial charge in [-0.1, -0.05) is 48.0 Å². The summed E-state index contributed by atoms with van der Waals surface area (Å²) >= 11 is 5.93. The molecule has 3 rings (SSSR count). The smallest absolute Gasteiger partial charge is 0.342 e. The van der Waals surface area contributed by atoms with Gasteiger partial charge in [-0.2, -0.15) is 0 Å². The normalized spacial score (nSPS) is 10.5. The average Bonchev–Trinajstić information content (AvgIpc) is 2.58. The van der Waals surface area contributed by atoms with Crippen LogP contribution in [-0.2, 0) is 11.3 Å². The van der Waals surface area contributed by atoms with Gasteiger partial charge < -0.3 is 9.47 Å². The molecule has 0 aliphatic rings. The maximum Gasteiger partial charge on any atom is 0.342 e. The molecule has 0 aliphatic heterocycles. The van der Waals surface area contributed by atoms with Crippen LogP contribution in [0.15, 0.2) is 60.7 Å². The van der Waals surface area contributed by atoms with Gasteiger partial charge >= 0.3 is 5.97 Å². The van der Waals surface area contributed by atoms with Crippen LogP contribution >= 0.6 is 11.6 Å². The molecule has 3 aromatic carbocycles. The topological polar surface area (TPSA) is 35.5 Å². The minimum atomic E-state index is -0.424. The third-order valence-electron chi connectivity index (χ3n) is 3.55. The number of hydrogen-bond acceptors (Lipinski definition) is 3. The molecule has 0 saturated carbocycles. The Balaban J connectivity index is 1.85. The summed E-state index contributed by atoms with van der Waals surface area (Å²) in [6.45, 7) is 0.162. The van der Waals surface area contributed by atoms with Gasteiger partial charge in [-0.25, -0.2) is 4.79 Å². The van der Waals surface area contributed by atoms with Crippen LogP contribution in [0, 0.1) is 0 Å². The molecule has 0 radical (unpaired) electrons. The third kappa shape index (κ3) is 3.46. The van der Waals surface area contributed by atoms with E-state index in [9.17, 15) is 4.79 Å². The van der Waals surface area contributed by atoms with Crippen molar-refractivity contribution in [2.45, 2.75) is 6.61 Å². The molecule has 0 bridgehead atoms. The molecule has 116 valence electrons. The lowest BCUT2D eigenvalue weighted by Crippen LogP contribution is -2.07. The van der Waals surface area contributed by atoms with Gasteiger partial charge in [0, 0.05) is 5.02 Å². The van der Waals surface area contributed by atoms with Crippen molar-refractivity contribution < 1.29 is 14.3 Å². The van der Waals surface area contributed by atoms with Crippen molar-refractivity contribution in [3.05, 3.63) is 76.8 Å². The van der Waals surface area contributed by atoms with E-state index in [0.717, 1.165) is 16.3 Å². The molecule has 3 aromatic rings. The second-order valence-corrected chi connectivity index (χ2v) is 5.54. The summed E-state index contributed by atoms with van der Waals surface area (Å²) in [7, 11) is 1.54. The maximum absolute atomic E-state index is 12.4. The lowest BCUT2D eigenvalue weighted by atomic mass is 10.1. The minimum absolute atomic E-state index is 0.162. The van der Waals surface area contributed by atoms with Gasteiger partial charge in [0.1, 0.15) is 17.9 Å². The standard InChI is InChI=1S/C19H15ClO3/c1-22-18-11-15-7-3-2-6-14(15)10-17(18)19(21)23-12-13-5-4-8-16(20)9-13/h2-11H,12H2,1H3. The van der Waals surface area contributed by atoms with E-state index in [0.29, 0.717) is 16.3 Å². The summed E-state index contributed by atoms with van der Waals surface area (Å²) in [6, 6.07) is 18.6. The van der Waals surface area contributed by atoms with Crippen LogP contribution in [0.3, 0.4) is 0 Å². The Hall–Kier alpha value is -2.52. The highest BCUT2D eigenvalue weighted by Crippen LogP contribution is 2.27. The zero-order valence-corrected chi connectivity index (χ0v) is 13.3. The summed E-state index contributed by atoms with van der Waals surface area (Å²) in [5.74, 6) is 0.0763. The molecular weight excluding hydrogens is 312 g/mol. The van der Waals surface area contributed by atoms with E-state index in [4.69, 9.17) is 21.1 Å². The number of carbonyl (C=O) groups is 1. The Kier molecular flexibility index (Phi) is 4.49. The molecule has 0 fully saturated rings. The van der Waals surface area contributed by atoms with Crippen LogP contribution in [0.25, 0.3) is 10.8 Å². The molecule has 0 saturated heterocycles. The van der Waals surface area contributed by atoms with E-state index >= 15 is 0 Å². The fourth-order valence-electron chi connectivity index (χ4n) is 2.40. The van der Waals surface area contributed by atoms with Crippen molar-refractivity contribution in [3.8, 4) is 5.75 Å². The summed E-state index contributed by atoms with van der Waals surface area (Å²) in [5.41, 5.74) is 1.25. The summed E-state index contributed by atoms with van der Waals surface area (Å²) in [6.07, 6.45) is 0. The van der Waals surface area contributed by atoms with Crippen LogP contribution in [-0.4, -0.2) is 13.1 Å². The van der Waals surface area contributed by atoms with E-state index in [1.54, 1.807) is 18.2 Å². The number of fused-ring (bicyclic) bond motifs is 1. The maximum atomic E-state index is 12.4. The SMILES string of the molecule is COc1cc2ccccc2cc1C(=O)OCc1cccc(Cl)c1. The highest BCUT2D eigenvalue weighted by atomic mass is 35.5. The first-order valence-electron chi connectivity index (χ1n) is 7.16. The fraction of sp³-hybridized carbons (Fsp3) is 0.105. The second-order valence-electron chi connectivity index (χ2n) is 5.11. The number of esters is 1. The average molecular weight is 327 g/mol. The van der Waals surface area contributed by atoms with E-state index in [1.165, 1.54) is 7.11 Å².